The maximum Gasteiger partial charge on any atom is 0.178 e. The Balaban J connectivity index is 2.21. The van der Waals surface area contributed by atoms with Crippen LogP contribution in [-0.4, -0.2) is 9.55 Å². The molecule has 16 heavy (non-hydrogen) atoms. The van der Waals surface area contributed by atoms with Crippen molar-refractivity contribution in [3.63, 3.8) is 0 Å². The van der Waals surface area contributed by atoms with Crippen LogP contribution in [0.2, 0.25) is 0 Å². The SMILES string of the molecule is Fc1cc2c(cc1I)[nH]c(=S)n2CC1CC1. The molecule has 3 rings (SSSR count). The van der Waals surface area contributed by atoms with Crippen LogP contribution in [0, 0.1) is 20.1 Å². The number of aromatic nitrogens is 2. The van der Waals surface area contributed by atoms with Gasteiger partial charge in [0, 0.05) is 12.6 Å². The molecule has 1 heterocycles. The summed E-state index contributed by atoms with van der Waals surface area (Å²) in [6.07, 6.45) is 2.53. The molecule has 1 aromatic carbocycles. The fraction of sp³-hybridized carbons (Fsp3) is 0.364. The molecule has 1 aromatic heterocycles. The van der Waals surface area contributed by atoms with E-state index in [1.165, 1.54) is 12.8 Å². The van der Waals surface area contributed by atoms with E-state index in [0.29, 0.717) is 8.34 Å². The minimum atomic E-state index is -0.174. The van der Waals surface area contributed by atoms with Crippen molar-refractivity contribution in [3.8, 4) is 0 Å². The fourth-order valence-corrected chi connectivity index (χ4v) is 2.64. The molecule has 1 fully saturated rings. The fourth-order valence-electron chi connectivity index (χ4n) is 1.89. The van der Waals surface area contributed by atoms with Gasteiger partial charge >= 0.3 is 0 Å². The van der Waals surface area contributed by atoms with E-state index in [1.807, 2.05) is 33.2 Å². The summed E-state index contributed by atoms with van der Waals surface area (Å²) in [5, 5.41) is 0. The number of aromatic amines is 1. The van der Waals surface area contributed by atoms with Gasteiger partial charge in [0.1, 0.15) is 5.82 Å². The second kappa shape index (κ2) is 3.80. The zero-order chi connectivity index (χ0) is 11.3. The van der Waals surface area contributed by atoms with Gasteiger partial charge in [-0.1, -0.05) is 0 Å². The number of nitrogens with zero attached hydrogens (tertiary/aromatic N) is 1. The first kappa shape index (κ1) is 10.7. The Kier molecular flexibility index (Phi) is 2.54. The van der Waals surface area contributed by atoms with Crippen molar-refractivity contribution in [2.24, 2.45) is 5.92 Å². The highest BCUT2D eigenvalue weighted by atomic mass is 127. The van der Waals surface area contributed by atoms with Crippen LogP contribution in [-0.2, 0) is 6.54 Å². The van der Waals surface area contributed by atoms with Gasteiger partial charge in [0.15, 0.2) is 4.77 Å². The van der Waals surface area contributed by atoms with Crippen molar-refractivity contribution in [1.29, 1.82) is 0 Å². The van der Waals surface area contributed by atoms with Crippen LogP contribution in [0.5, 0.6) is 0 Å². The van der Waals surface area contributed by atoms with Crippen LogP contribution < -0.4 is 0 Å². The number of hydrogen-bond donors (Lipinski definition) is 1. The summed E-state index contributed by atoms with van der Waals surface area (Å²) in [4.78, 5) is 3.13. The lowest BCUT2D eigenvalue weighted by molar-refractivity contribution is 0.614. The summed E-state index contributed by atoms with van der Waals surface area (Å²) < 4.78 is 16.9. The molecule has 0 bridgehead atoms. The van der Waals surface area contributed by atoms with E-state index in [1.54, 1.807) is 6.07 Å². The van der Waals surface area contributed by atoms with Crippen molar-refractivity contribution in [2.45, 2.75) is 19.4 Å². The first-order chi connectivity index (χ1) is 7.65. The van der Waals surface area contributed by atoms with Crippen LogP contribution in [0.15, 0.2) is 12.1 Å². The molecule has 0 atom stereocenters. The number of fused-ring (bicyclic) bond motifs is 1. The maximum absolute atomic E-state index is 13.5. The van der Waals surface area contributed by atoms with E-state index in [9.17, 15) is 4.39 Å². The molecule has 1 saturated carbocycles. The topological polar surface area (TPSA) is 20.7 Å². The van der Waals surface area contributed by atoms with Gasteiger partial charge in [0.05, 0.1) is 14.6 Å². The second-order valence-electron chi connectivity index (χ2n) is 4.27. The van der Waals surface area contributed by atoms with E-state index in [2.05, 4.69) is 4.98 Å². The third-order valence-electron chi connectivity index (χ3n) is 2.95. The third-order valence-corrected chi connectivity index (χ3v) is 4.10. The van der Waals surface area contributed by atoms with Gasteiger partial charge in [-0.05, 0) is 59.6 Å². The van der Waals surface area contributed by atoms with E-state index < -0.39 is 0 Å². The highest BCUT2D eigenvalue weighted by Crippen LogP contribution is 2.32. The van der Waals surface area contributed by atoms with Gasteiger partial charge in [-0.2, -0.15) is 0 Å². The van der Waals surface area contributed by atoms with Gasteiger partial charge in [-0.15, -0.1) is 0 Å². The van der Waals surface area contributed by atoms with Gasteiger partial charge in [-0.3, -0.25) is 0 Å². The Labute approximate surface area is 111 Å². The normalized spacial score (nSPS) is 15.9. The molecule has 0 aliphatic heterocycles. The van der Waals surface area contributed by atoms with Crippen LogP contribution in [0.4, 0.5) is 4.39 Å². The van der Waals surface area contributed by atoms with E-state index in [0.717, 1.165) is 23.5 Å². The molecule has 84 valence electrons. The Hall–Kier alpha value is -0.430. The first-order valence-electron chi connectivity index (χ1n) is 5.22. The average molecular weight is 348 g/mol. The molecule has 0 amide bonds. The smallest absolute Gasteiger partial charge is 0.178 e. The summed E-state index contributed by atoms with van der Waals surface area (Å²) in [7, 11) is 0. The van der Waals surface area contributed by atoms with Crippen LogP contribution in [0.25, 0.3) is 11.0 Å². The number of benzene rings is 1. The highest BCUT2D eigenvalue weighted by Gasteiger charge is 2.23. The molecule has 0 unspecified atom stereocenters. The molecule has 0 spiro atoms. The van der Waals surface area contributed by atoms with Crippen molar-refractivity contribution >= 4 is 45.8 Å². The predicted octanol–water partition coefficient (Wildman–Crippen LogP) is 3.85. The minimum Gasteiger partial charge on any atom is -0.331 e. The van der Waals surface area contributed by atoms with Crippen molar-refractivity contribution in [2.75, 3.05) is 0 Å². The van der Waals surface area contributed by atoms with Crippen LogP contribution in [0.1, 0.15) is 12.8 Å². The zero-order valence-corrected chi connectivity index (χ0v) is 11.4. The molecule has 2 aromatic rings. The molecule has 0 radical (unpaired) electrons. The number of imidazole rings is 1. The number of H-pyrrole nitrogens is 1. The minimum absolute atomic E-state index is 0.174. The summed E-state index contributed by atoms with van der Waals surface area (Å²) in [6.45, 7) is 0.916. The summed E-state index contributed by atoms with van der Waals surface area (Å²) in [5.41, 5.74) is 1.81. The van der Waals surface area contributed by atoms with E-state index in [4.69, 9.17) is 12.2 Å². The molecule has 5 heteroatoms. The van der Waals surface area contributed by atoms with Gasteiger partial charge < -0.3 is 9.55 Å². The third kappa shape index (κ3) is 1.79. The Morgan fingerprint density at radius 2 is 2.25 bits per heavy atom. The number of nitrogens with one attached hydrogen (secondary N) is 1. The first-order valence-corrected chi connectivity index (χ1v) is 6.71. The lowest BCUT2D eigenvalue weighted by Crippen LogP contribution is -1.99. The Bertz CT molecular complexity index is 612. The molecule has 1 N–H and O–H groups in total. The van der Waals surface area contributed by atoms with Crippen LogP contribution in [0.3, 0.4) is 0 Å². The monoisotopic (exact) mass is 348 g/mol. The second-order valence-corrected chi connectivity index (χ2v) is 5.82. The number of halogens is 2. The predicted molar refractivity (Wildman–Crippen MR) is 72.5 cm³/mol. The standard InChI is InChI=1S/C11H10FIN2S/c12-7-3-10-9(4-8(7)13)14-11(16)15(10)5-6-1-2-6/h3-4,6H,1-2,5H2,(H,14,16). The zero-order valence-electron chi connectivity index (χ0n) is 8.46. The van der Waals surface area contributed by atoms with Crippen molar-refractivity contribution in [3.05, 3.63) is 26.3 Å². The van der Waals surface area contributed by atoms with Gasteiger partial charge in [-0.25, -0.2) is 4.39 Å². The largest absolute Gasteiger partial charge is 0.331 e. The molecule has 2 nitrogen and oxygen atoms in total. The van der Waals surface area contributed by atoms with Crippen molar-refractivity contribution in [1.82, 2.24) is 9.55 Å². The number of rotatable bonds is 2. The molecule has 1 aliphatic rings. The molecule has 0 saturated heterocycles. The Morgan fingerprint density at radius 1 is 1.50 bits per heavy atom. The van der Waals surface area contributed by atoms with Gasteiger partial charge in [0.25, 0.3) is 0 Å². The maximum atomic E-state index is 13.5. The lowest BCUT2D eigenvalue weighted by atomic mass is 10.3. The number of hydrogen-bond acceptors (Lipinski definition) is 1. The summed E-state index contributed by atoms with van der Waals surface area (Å²) in [6, 6.07) is 3.39. The summed E-state index contributed by atoms with van der Waals surface area (Å²) >= 11 is 7.26. The van der Waals surface area contributed by atoms with E-state index >= 15 is 0 Å². The quantitative estimate of drug-likeness (QED) is 0.646. The molecular weight excluding hydrogens is 338 g/mol. The van der Waals surface area contributed by atoms with Crippen LogP contribution >= 0.6 is 34.8 Å². The molecule has 1 aliphatic carbocycles. The van der Waals surface area contributed by atoms with Crippen molar-refractivity contribution < 1.29 is 4.39 Å². The van der Waals surface area contributed by atoms with Gasteiger partial charge in [0.2, 0.25) is 0 Å². The highest BCUT2D eigenvalue weighted by molar-refractivity contribution is 14.1. The lowest BCUT2D eigenvalue weighted by Gasteiger charge is -2.03. The average Bonchev–Trinajstić information content (AvgIpc) is 2.99. The summed E-state index contributed by atoms with van der Waals surface area (Å²) in [5.74, 6) is 0.555. The molecular formula is C11H10FIN2S. The van der Waals surface area contributed by atoms with E-state index in [-0.39, 0.29) is 5.82 Å². The Morgan fingerprint density at radius 3 is 2.94 bits per heavy atom.